The first kappa shape index (κ1) is 16.7. The molecule has 12 heteroatoms. The highest BCUT2D eigenvalue weighted by Gasteiger charge is 2.36. The largest absolute Gasteiger partial charge is 0.451 e. The number of sulfonamides is 1. The maximum Gasteiger partial charge on any atom is 0.451 e. The third-order valence-electron chi connectivity index (χ3n) is 3.28. The lowest BCUT2D eigenvalue weighted by Crippen LogP contribution is -2.41. The summed E-state index contributed by atoms with van der Waals surface area (Å²) in [7, 11) is -3.30. The zero-order valence-corrected chi connectivity index (χ0v) is 12.3. The number of nitrogens with one attached hydrogen (secondary N) is 2. The van der Waals surface area contributed by atoms with E-state index in [1.807, 2.05) is 0 Å². The number of rotatable bonds is 3. The molecule has 0 aliphatic carbocycles. The van der Waals surface area contributed by atoms with Crippen LogP contribution in [0.1, 0.15) is 18.7 Å². The van der Waals surface area contributed by atoms with Crippen LogP contribution in [0.3, 0.4) is 0 Å². The van der Waals surface area contributed by atoms with Crippen molar-refractivity contribution in [3.05, 3.63) is 5.82 Å². The van der Waals surface area contributed by atoms with E-state index in [1.165, 1.54) is 4.31 Å². The topological polar surface area (TPSA) is 108 Å². The number of carbonyl (C=O) groups is 1. The molecule has 1 aliphatic rings. The minimum atomic E-state index is -4.67. The van der Waals surface area contributed by atoms with Crippen molar-refractivity contribution in [2.45, 2.75) is 19.0 Å². The summed E-state index contributed by atoms with van der Waals surface area (Å²) in [6.07, 6.45) is -3.01. The number of alkyl halides is 3. The molecule has 2 heterocycles. The van der Waals surface area contributed by atoms with E-state index in [-0.39, 0.29) is 25.9 Å². The first-order valence-electron chi connectivity index (χ1n) is 6.33. The van der Waals surface area contributed by atoms with Crippen molar-refractivity contribution in [2.75, 3.05) is 24.7 Å². The van der Waals surface area contributed by atoms with E-state index in [0.717, 1.165) is 6.26 Å². The lowest BCUT2D eigenvalue weighted by molar-refractivity contribution is -0.144. The number of carbonyl (C=O) groups excluding carboxylic acids is 1. The number of anilines is 1. The summed E-state index contributed by atoms with van der Waals surface area (Å²) in [6, 6.07) is 0. The Balaban J connectivity index is 1.93. The lowest BCUT2D eigenvalue weighted by atomic mass is 9.97. The second-order valence-electron chi connectivity index (χ2n) is 4.93. The number of piperidine rings is 1. The number of halogens is 3. The van der Waals surface area contributed by atoms with E-state index in [2.05, 4.69) is 15.4 Å². The summed E-state index contributed by atoms with van der Waals surface area (Å²) in [5, 5.41) is 7.17. The molecular weight excluding hydrogens is 327 g/mol. The van der Waals surface area contributed by atoms with Gasteiger partial charge in [0, 0.05) is 19.0 Å². The highest BCUT2D eigenvalue weighted by Crippen LogP contribution is 2.26. The first-order chi connectivity index (χ1) is 10.1. The van der Waals surface area contributed by atoms with Gasteiger partial charge in [0.05, 0.1) is 6.26 Å². The lowest BCUT2D eigenvalue weighted by Gasteiger charge is -2.29. The van der Waals surface area contributed by atoms with Gasteiger partial charge >= 0.3 is 6.18 Å². The van der Waals surface area contributed by atoms with Gasteiger partial charge in [0.2, 0.25) is 27.7 Å². The average Bonchev–Trinajstić information content (AvgIpc) is 2.86. The van der Waals surface area contributed by atoms with E-state index in [4.69, 9.17) is 0 Å². The van der Waals surface area contributed by atoms with Crippen LogP contribution in [0, 0.1) is 5.92 Å². The van der Waals surface area contributed by atoms with Crippen molar-refractivity contribution < 1.29 is 26.4 Å². The Bertz CT molecular complexity index is 649. The second kappa shape index (κ2) is 5.83. The second-order valence-corrected chi connectivity index (χ2v) is 6.91. The molecule has 2 N–H and O–H groups in total. The third-order valence-corrected chi connectivity index (χ3v) is 4.59. The van der Waals surface area contributed by atoms with E-state index in [1.54, 1.807) is 5.10 Å². The zero-order valence-electron chi connectivity index (χ0n) is 11.5. The minimum absolute atomic E-state index is 0.193. The van der Waals surface area contributed by atoms with Crippen molar-refractivity contribution in [1.29, 1.82) is 0 Å². The van der Waals surface area contributed by atoms with Crippen molar-refractivity contribution >= 4 is 21.9 Å². The molecular formula is C10H14F3N5O3S. The normalized spacial score (nSPS) is 18.4. The Morgan fingerprint density at radius 2 is 1.95 bits per heavy atom. The molecule has 8 nitrogen and oxygen atoms in total. The number of aromatic nitrogens is 3. The molecule has 22 heavy (non-hydrogen) atoms. The third kappa shape index (κ3) is 3.94. The van der Waals surface area contributed by atoms with Crippen LogP contribution < -0.4 is 5.32 Å². The Hall–Kier alpha value is -1.69. The van der Waals surface area contributed by atoms with Crippen molar-refractivity contribution in [3.63, 3.8) is 0 Å². The molecule has 1 amide bonds. The molecule has 2 rings (SSSR count). The number of aromatic amines is 1. The molecule has 0 aromatic carbocycles. The van der Waals surface area contributed by atoms with E-state index >= 15 is 0 Å². The average molecular weight is 341 g/mol. The minimum Gasteiger partial charge on any atom is -0.293 e. The van der Waals surface area contributed by atoms with Gasteiger partial charge in [-0.3, -0.25) is 15.2 Å². The molecule has 0 radical (unpaired) electrons. The van der Waals surface area contributed by atoms with Crippen molar-refractivity contribution in [1.82, 2.24) is 19.5 Å². The van der Waals surface area contributed by atoms with Crippen LogP contribution in [-0.2, 0) is 21.0 Å². The Kier molecular flexibility index (Phi) is 4.42. The number of hydrogen-bond acceptors (Lipinski definition) is 5. The predicted octanol–water partition coefficient (Wildman–Crippen LogP) is 0.434. The van der Waals surface area contributed by atoms with E-state index < -0.39 is 39.8 Å². The first-order valence-corrected chi connectivity index (χ1v) is 8.18. The molecule has 0 spiro atoms. The van der Waals surface area contributed by atoms with Crippen LogP contribution in [-0.4, -0.2) is 53.2 Å². The van der Waals surface area contributed by atoms with Gasteiger partial charge in [0.15, 0.2) is 0 Å². The number of nitrogens with zero attached hydrogens (tertiary/aromatic N) is 3. The van der Waals surface area contributed by atoms with Crippen LogP contribution in [0.5, 0.6) is 0 Å². The fourth-order valence-corrected chi connectivity index (χ4v) is 2.98. The fraction of sp³-hybridized carbons (Fsp3) is 0.700. The van der Waals surface area contributed by atoms with Crippen molar-refractivity contribution in [2.24, 2.45) is 5.92 Å². The summed E-state index contributed by atoms with van der Waals surface area (Å²) in [4.78, 5) is 15.1. The molecule has 1 fully saturated rings. The van der Waals surface area contributed by atoms with Gasteiger partial charge in [-0.15, -0.1) is 5.10 Å². The highest BCUT2D eigenvalue weighted by molar-refractivity contribution is 7.88. The Morgan fingerprint density at radius 3 is 2.41 bits per heavy atom. The van der Waals surface area contributed by atoms with Gasteiger partial charge in [-0.1, -0.05) is 0 Å². The molecule has 0 bridgehead atoms. The summed E-state index contributed by atoms with van der Waals surface area (Å²) < 4.78 is 61.0. The Labute approximate surface area is 124 Å². The quantitative estimate of drug-likeness (QED) is 0.829. The van der Waals surface area contributed by atoms with Crippen LogP contribution in [0.2, 0.25) is 0 Å². The highest BCUT2D eigenvalue weighted by atomic mass is 32.2. The van der Waals surface area contributed by atoms with E-state index in [0.29, 0.717) is 0 Å². The van der Waals surface area contributed by atoms with Crippen LogP contribution in [0.25, 0.3) is 0 Å². The van der Waals surface area contributed by atoms with Gasteiger partial charge in [0.1, 0.15) is 0 Å². The standard InChI is InChI=1S/C10H14F3N5O3S/c1-22(20,21)18-4-2-6(3-5-18)7(19)14-9-15-8(16-17-9)10(11,12)13/h6H,2-5H2,1H3,(H2,14,15,16,17,19). The maximum absolute atomic E-state index is 12.3. The van der Waals surface area contributed by atoms with E-state index in [9.17, 15) is 26.4 Å². The van der Waals surface area contributed by atoms with Gasteiger partial charge in [-0.25, -0.2) is 12.7 Å². The van der Waals surface area contributed by atoms with Crippen molar-refractivity contribution in [3.8, 4) is 0 Å². The smallest absolute Gasteiger partial charge is 0.293 e. The summed E-state index contributed by atoms with van der Waals surface area (Å²) in [6.45, 7) is 0.386. The van der Waals surface area contributed by atoms with Crippen LogP contribution >= 0.6 is 0 Å². The number of amides is 1. The molecule has 1 saturated heterocycles. The molecule has 0 saturated carbocycles. The molecule has 124 valence electrons. The van der Waals surface area contributed by atoms with Crippen LogP contribution in [0.4, 0.5) is 19.1 Å². The van der Waals surface area contributed by atoms with Crippen LogP contribution in [0.15, 0.2) is 0 Å². The molecule has 1 aliphatic heterocycles. The van der Waals surface area contributed by atoms with Gasteiger partial charge in [0.25, 0.3) is 0 Å². The molecule has 0 atom stereocenters. The fourth-order valence-electron chi connectivity index (χ4n) is 2.11. The van der Waals surface area contributed by atoms with Gasteiger partial charge in [-0.05, 0) is 12.8 Å². The molecule has 1 aromatic heterocycles. The molecule has 1 aromatic rings. The zero-order chi connectivity index (χ0) is 16.5. The maximum atomic E-state index is 12.3. The number of hydrogen-bond donors (Lipinski definition) is 2. The SMILES string of the molecule is CS(=O)(=O)N1CCC(C(=O)Nc2n[nH]c(C(F)(F)F)n2)CC1. The molecule has 0 unspecified atom stereocenters. The summed E-state index contributed by atoms with van der Waals surface area (Å²) >= 11 is 0. The monoisotopic (exact) mass is 341 g/mol. The van der Waals surface area contributed by atoms with Gasteiger partial charge < -0.3 is 0 Å². The summed E-state index contributed by atoms with van der Waals surface area (Å²) in [5.74, 6) is -2.77. The number of H-pyrrole nitrogens is 1. The Morgan fingerprint density at radius 1 is 1.36 bits per heavy atom. The van der Waals surface area contributed by atoms with Gasteiger partial charge in [-0.2, -0.15) is 18.2 Å². The summed E-state index contributed by atoms with van der Waals surface area (Å²) in [5.41, 5.74) is 0. The predicted molar refractivity (Wildman–Crippen MR) is 69.2 cm³/mol.